The number of rotatable bonds is 9. The first-order valence-corrected chi connectivity index (χ1v) is 6.86. The van der Waals surface area contributed by atoms with Gasteiger partial charge in [0.05, 0.1) is 13.7 Å². The van der Waals surface area contributed by atoms with E-state index in [1.165, 1.54) is 0 Å². The summed E-state index contributed by atoms with van der Waals surface area (Å²) in [5, 5.41) is 0. The zero-order valence-electron chi connectivity index (χ0n) is 12.2. The Morgan fingerprint density at radius 1 is 1.35 bits per heavy atom. The van der Waals surface area contributed by atoms with E-state index in [1.807, 2.05) is 13.0 Å². The lowest BCUT2D eigenvalue weighted by atomic mass is 10.1. The van der Waals surface area contributed by atoms with Crippen molar-refractivity contribution in [2.24, 2.45) is 5.73 Å². The molecule has 0 aromatic heterocycles. The first kappa shape index (κ1) is 16.3. The molecular formula is C15H23NO4. The van der Waals surface area contributed by atoms with E-state index in [0.29, 0.717) is 25.3 Å². The molecule has 5 nitrogen and oxygen atoms in total. The van der Waals surface area contributed by atoms with Crippen molar-refractivity contribution in [1.29, 1.82) is 0 Å². The average Bonchev–Trinajstić information content (AvgIpc) is 2.46. The Labute approximate surface area is 120 Å². The second-order valence-corrected chi connectivity index (χ2v) is 4.38. The highest BCUT2D eigenvalue weighted by atomic mass is 16.6. The van der Waals surface area contributed by atoms with E-state index >= 15 is 0 Å². The minimum Gasteiger partial charge on any atom is -0.497 e. The maximum Gasteiger partial charge on any atom is 0.344 e. The summed E-state index contributed by atoms with van der Waals surface area (Å²) in [4.78, 5) is 11.5. The van der Waals surface area contributed by atoms with Gasteiger partial charge >= 0.3 is 5.97 Å². The zero-order valence-corrected chi connectivity index (χ0v) is 12.2. The zero-order chi connectivity index (χ0) is 14.8. The molecule has 0 saturated heterocycles. The smallest absolute Gasteiger partial charge is 0.344 e. The van der Waals surface area contributed by atoms with Crippen LogP contribution >= 0.6 is 0 Å². The number of carbonyl (C=O) groups excluding carboxylic acids is 1. The predicted molar refractivity (Wildman–Crippen MR) is 77.1 cm³/mol. The summed E-state index contributed by atoms with van der Waals surface area (Å²) in [6, 6.07) is 5.44. The number of unbranched alkanes of at least 4 members (excludes halogenated alkanes) is 1. The van der Waals surface area contributed by atoms with Crippen molar-refractivity contribution in [3.05, 3.63) is 23.8 Å². The van der Waals surface area contributed by atoms with Crippen LogP contribution in [0.25, 0.3) is 0 Å². The summed E-state index contributed by atoms with van der Waals surface area (Å²) in [5.41, 5.74) is 6.49. The van der Waals surface area contributed by atoms with Crippen LogP contribution in [-0.4, -0.2) is 32.8 Å². The number of nitrogens with two attached hydrogens (primary N) is 1. The fraction of sp³-hybridized carbons (Fsp3) is 0.533. The molecular weight excluding hydrogens is 258 g/mol. The average molecular weight is 281 g/mol. The standard InChI is InChI=1S/C15H23NO4/c1-3-4-9-19-15(17)11-20-14-6-5-13(18-2)10-12(14)7-8-16/h5-6,10H,3-4,7-9,11,16H2,1-2H3. The molecule has 0 bridgehead atoms. The van der Waals surface area contributed by atoms with Gasteiger partial charge < -0.3 is 19.9 Å². The molecule has 0 aliphatic rings. The highest BCUT2D eigenvalue weighted by Gasteiger charge is 2.09. The van der Waals surface area contributed by atoms with Gasteiger partial charge in [0.2, 0.25) is 0 Å². The third kappa shape index (κ3) is 5.48. The Kier molecular flexibility index (Phi) is 7.50. The van der Waals surface area contributed by atoms with Gasteiger partial charge in [-0.15, -0.1) is 0 Å². The summed E-state index contributed by atoms with van der Waals surface area (Å²) in [5.74, 6) is 1.03. The Balaban J connectivity index is 2.55. The summed E-state index contributed by atoms with van der Waals surface area (Å²) < 4.78 is 15.7. The first-order chi connectivity index (χ1) is 9.71. The number of benzene rings is 1. The van der Waals surface area contributed by atoms with E-state index in [-0.39, 0.29) is 12.6 Å². The van der Waals surface area contributed by atoms with Crippen LogP contribution in [0.2, 0.25) is 0 Å². The highest BCUT2D eigenvalue weighted by Crippen LogP contribution is 2.24. The van der Waals surface area contributed by atoms with Gasteiger partial charge in [0.15, 0.2) is 6.61 Å². The van der Waals surface area contributed by atoms with Crippen LogP contribution in [0.3, 0.4) is 0 Å². The number of carbonyl (C=O) groups is 1. The minimum atomic E-state index is -0.354. The maximum atomic E-state index is 11.5. The molecule has 1 aromatic carbocycles. The minimum absolute atomic E-state index is 0.0897. The predicted octanol–water partition coefficient (Wildman–Crippen LogP) is 1.92. The normalized spacial score (nSPS) is 10.2. The van der Waals surface area contributed by atoms with Crippen molar-refractivity contribution in [2.75, 3.05) is 26.9 Å². The molecule has 0 aliphatic heterocycles. The van der Waals surface area contributed by atoms with E-state index in [0.717, 1.165) is 24.2 Å². The lowest BCUT2D eigenvalue weighted by molar-refractivity contribution is -0.146. The molecule has 0 heterocycles. The lowest BCUT2D eigenvalue weighted by Crippen LogP contribution is -2.16. The lowest BCUT2D eigenvalue weighted by Gasteiger charge is -2.12. The molecule has 0 atom stereocenters. The Hall–Kier alpha value is -1.75. The van der Waals surface area contributed by atoms with Gasteiger partial charge in [-0.05, 0) is 43.1 Å². The number of methoxy groups -OCH3 is 1. The van der Waals surface area contributed by atoms with Crippen molar-refractivity contribution in [3.8, 4) is 11.5 Å². The van der Waals surface area contributed by atoms with Crippen molar-refractivity contribution < 1.29 is 19.0 Å². The fourth-order valence-corrected chi connectivity index (χ4v) is 1.68. The Bertz CT molecular complexity index is 420. The summed E-state index contributed by atoms with van der Waals surface area (Å²) in [6.45, 7) is 2.90. The second-order valence-electron chi connectivity index (χ2n) is 4.38. The quantitative estimate of drug-likeness (QED) is 0.553. The third-order valence-electron chi connectivity index (χ3n) is 2.79. The Morgan fingerprint density at radius 3 is 2.80 bits per heavy atom. The molecule has 0 radical (unpaired) electrons. The SMILES string of the molecule is CCCCOC(=O)COc1ccc(OC)cc1CCN. The molecule has 20 heavy (non-hydrogen) atoms. The van der Waals surface area contributed by atoms with E-state index in [2.05, 4.69) is 0 Å². The van der Waals surface area contributed by atoms with Crippen LogP contribution in [0.4, 0.5) is 0 Å². The van der Waals surface area contributed by atoms with Gasteiger partial charge in [-0.1, -0.05) is 13.3 Å². The van der Waals surface area contributed by atoms with Gasteiger partial charge in [-0.2, -0.15) is 0 Å². The first-order valence-electron chi connectivity index (χ1n) is 6.86. The van der Waals surface area contributed by atoms with E-state index in [9.17, 15) is 4.79 Å². The third-order valence-corrected chi connectivity index (χ3v) is 2.79. The van der Waals surface area contributed by atoms with Gasteiger partial charge in [0, 0.05) is 0 Å². The molecule has 1 aromatic rings. The molecule has 0 amide bonds. The number of ether oxygens (including phenoxy) is 3. The van der Waals surface area contributed by atoms with Crippen molar-refractivity contribution >= 4 is 5.97 Å². The van der Waals surface area contributed by atoms with Crippen LogP contribution in [0.1, 0.15) is 25.3 Å². The molecule has 5 heteroatoms. The van der Waals surface area contributed by atoms with Crippen LogP contribution in [-0.2, 0) is 16.0 Å². The monoisotopic (exact) mass is 281 g/mol. The fourth-order valence-electron chi connectivity index (χ4n) is 1.68. The summed E-state index contributed by atoms with van der Waals surface area (Å²) in [7, 11) is 1.60. The maximum absolute atomic E-state index is 11.5. The largest absolute Gasteiger partial charge is 0.497 e. The van der Waals surface area contributed by atoms with Crippen LogP contribution in [0.5, 0.6) is 11.5 Å². The van der Waals surface area contributed by atoms with Crippen LogP contribution in [0, 0.1) is 0 Å². The molecule has 0 unspecified atom stereocenters. The van der Waals surface area contributed by atoms with E-state index < -0.39 is 0 Å². The Morgan fingerprint density at radius 2 is 2.15 bits per heavy atom. The molecule has 0 aliphatic carbocycles. The number of hydrogen-bond donors (Lipinski definition) is 1. The van der Waals surface area contributed by atoms with Crippen molar-refractivity contribution in [1.82, 2.24) is 0 Å². The number of hydrogen-bond acceptors (Lipinski definition) is 5. The van der Waals surface area contributed by atoms with E-state index in [1.54, 1.807) is 19.2 Å². The van der Waals surface area contributed by atoms with Gasteiger partial charge in [-0.25, -0.2) is 4.79 Å². The van der Waals surface area contributed by atoms with Crippen molar-refractivity contribution in [2.45, 2.75) is 26.2 Å². The topological polar surface area (TPSA) is 70.8 Å². The molecule has 2 N–H and O–H groups in total. The van der Waals surface area contributed by atoms with E-state index in [4.69, 9.17) is 19.9 Å². The molecule has 0 saturated carbocycles. The summed E-state index contributed by atoms with van der Waals surface area (Å²) in [6.07, 6.45) is 2.53. The van der Waals surface area contributed by atoms with Gasteiger partial charge in [-0.3, -0.25) is 0 Å². The molecule has 0 spiro atoms. The molecule has 1 rings (SSSR count). The van der Waals surface area contributed by atoms with Gasteiger partial charge in [0.25, 0.3) is 0 Å². The van der Waals surface area contributed by atoms with Crippen LogP contribution < -0.4 is 15.2 Å². The van der Waals surface area contributed by atoms with Crippen LogP contribution in [0.15, 0.2) is 18.2 Å². The highest BCUT2D eigenvalue weighted by molar-refractivity contribution is 5.71. The molecule has 112 valence electrons. The second kappa shape index (κ2) is 9.20. The van der Waals surface area contributed by atoms with Gasteiger partial charge in [0.1, 0.15) is 11.5 Å². The summed E-state index contributed by atoms with van der Waals surface area (Å²) >= 11 is 0. The molecule has 0 fully saturated rings. The number of esters is 1. The van der Waals surface area contributed by atoms with Crippen molar-refractivity contribution in [3.63, 3.8) is 0 Å².